The van der Waals surface area contributed by atoms with Gasteiger partial charge < -0.3 is 0 Å². The van der Waals surface area contributed by atoms with E-state index in [4.69, 9.17) is 5.26 Å². The van der Waals surface area contributed by atoms with Gasteiger partial charge in [0.05, 0.1) is 0 Å². The standard InChI is InChI=1S/C16H16N2/c1-16(2,3)14-7-4-12(5-8-14)13-6-9-15(10-17)18-11-13/h4-9,11H,1-3H3. The summed E-state index contributed by atoms with van der Waals surface area (Å²) in [6.45, 7) is 6.60. The van der Waals surface area contributed by atoms with Crippen LogP contribution in [0.25, 0.3) is 11.1 Å². The third kappa shape index (κ3) is 2.57. The highest BCUT2D eigenvalue weighted by molar-refractivity contribution is 5.63. The minimum absolute atomic E-state index is 0.168. The first-order valence-corrected chi connectivity index (χ1v) is 5.98. The lowest BCUT2D eigenvalue weighted by molar-refractivity contribution is 0.590. The lowest BCUT2D eigenvalue weighted by Gasteiger charge is -2.19. The fraction of sp³-hybridized carbons (Fsp3) is 0.250. The van der Waals surface area contributed by atoms with Crippen LogP contribution in [0, 0.1) is 11.3 Å². The first-order chi connectivity index (χ1) is 8.50. The van der Waals surface area contributed by atoms with E-state index < -0.39 is 0 Å². The summed E-state index contributed by atoms with van der Waals surface area (Å²) in [5, 5.41) is 8.71. The maximum atomic E-state index is 8.71. The Kier molecular flexibility index (Phi) is 3.16. The topological polar surface area (TPSA) is 36.7 Å². The maximum Gasteiger partial charge on any atom is 0.140 e. The summed E-state index contributed by atoms with van der Waals surface area (Å²) in [4.78, 5) is 4.08. The molecule has 90 valence electrons. The van der Waals surface area contributed by atoms with Crippen LogP contribution in [0.1, 0.15) is 32.0 Å². The molecule has 2 aromatic rings. The van der Waals surface area contributed by atoms with Crippen LogP contribution in [0.5, 0.6) is 0 Å². The van der Waals surface area contributed by atoms with Crippen LogP contribution in [0.15, 0.2) is 42.6 Å². The van der Waals surface area contributed by atoms with E-state index in [1.165, 1.54) is 5.56 Å². The maximum absolute atomic E-state index is 8.71. The first-order valence-electron chi connectivity index (χ1n) is 5.98. The van der Waals surface area contributed by atoms with Gasteiger partial charge in [-0.2, -0.15) is 5.26 Å². The molecule has 2 rings (SSSR count). The van der Waals surface area contributed by atoms with Gasteiger partial charge in [0.2, 0.25) is 0 Å². The van der Waals surface area contributed by atoms with Gasteiger partial charge in [-0.15, -0.1) is 0 Å². The van der Waals surface area contributed by atoms with Gasteiger partial charge in [-0.1, -0.05) is 45.0 Å². The van der Waals surface area contributed by atoms with Gasteiger partial charge in [-0.05, 0) is 28.7 Å². The molecule has 0 fully saturated rings. The van der Waals surface area contributed by atoms with E-state index in [1.807, 2.05) is 12.1 Å². The predicted molar refractivity (Wildman–Crippen MR) is 73.1 cm³/mol. The van der Waals surface area contributed by atoms with Crippen molar-refractivity contribution in [2.24, 2.45) is 0 Å². The molecule has 0 unspecified atom stereocenters. The van der Waals surface area contributed by atoms with Crippen LogP contribution >= 0.6 is 0 Å². The Bertz CT molecular complexity index is 566. The Labute approximate surface area is 108 Å². The molecule has 0 N–H and O–H groups in total. The van der Waals surface area contributed by atoms with Crippen LogP contribution in [0.3, 0.4) is 0 Å². The van der Waals surface area contributed by atoms with Gasteiger partial charge in [-0.25, -0.2) is 4.98 Å². The second-order valence-electron chi connectivity index (χ2n) is 5.37. The number of hydrogen-bond acceptors (Lipinski definition) is 2. The molecular formula is C16H16N2. The van der Waals surface area contributed by atoms with Crippen LogP contribution in [-0.4, -0.2) is 4.98 Å². The average molecular weight is 236 g/mol. The zero-order valence-corrected chi connectivity index (χ0v) is 10.9. The normalized spacial score (nSPS) is 11.0. The van der Waals surface area contributed by atoms with Crippen molar-refractivity contribution in [1.29, 1.82) is 5.26 Å². The van der Waals surface area contributed by atoms with E-state index in [0.717, 1.165) is 11.1 Å². The Morgan fingerprint density at radius 1 is 0.944 bits per heavy atom. The second kappa shape index (κ2) is 4.62. The van der Waals surface area contributed by atoms with Crippen LogP contribution in [-0.2, 0) is 5.41 Å². The van der Waals surface area contributed by atoms with E-state index >= 15 is 0 Å². The molecule has 18 heavy (non-hydrogen) atoms. The number of aromatic nitrogens is 1. The smallest absolute Gasteiger partial charge is 0.140 e. The summed E-state index contributed by atoms with van der Waals surface area (Å²) in [6.07, 6.45) is 1.74. The summed E-state index contributed by atoms with van der Waals surface area (Å²) >= 11 is 0. The molecule has 1 aromatic heterocycles. The van der Waals surface area contributed by atoms with Crippen molar-refractivity contribution in [3.63, 3.8) is 0 Å². The number of nitrogens with zero attached hydrogens (tertiary/aromatic N) is 2. The molecule has 0 saturated carbocycles. The average Bonchev–Trinajstić information content (AvgIpc) is 2.38. The Hall–Kier alpha value is -2.14. The highest BCUT2D eigenvalue weighted by Crippen LogP contribution is 2.25. The van der Waals surface area contributed by atoms with Crippen molar-refractivity contribution in [3.05, 3.63) is 53.9 Å². The number of rotatable bonds is 1. The lowest BCUT2D eigenvalue weighted by Crippen LogP contribution is -2.10. The fourth-order valence-corrected chi connectivity index (χ4v) is 1.79. The molecule has 2 nitrogen and oxygen atoms in total. The van der Waals surface area contributed by atoms with Gasteiger partial charge in [-0.3, -0.25) is 0 Å². The second-order valence-corrected chi connectivity index (χ2v) is 5.37. The quantitative estimate of drug-likeness (QED) is 0.752. The lowest BCUT2D eigenvalue weighted by atomic mass is 9.86. The number of hydrogen-bond donors (Lipinski definition) is 0. The molecule has 0 spiro atoms. The monoisotopic (exact) mass is 236 g/mol. The summed E-state index contributed by atoms with van der Waals surface area (Å²) in [5.74, 6) is 0. The molecule has 0 aliphatic rings. The van der Waals surface area contributed by atoms with Crippen molar-refractivity contribution >= 4 is 0 Å². The Balaban J connectivity index is 2.32. The minimum Gasteiger partial charge on any atom is -0.245 e. The molecule has 1 aromatic carbocycles. The van der Waals surface area contributed by atoms with Crippen molar-refractivity contribution in [1.82, 2.24) is 4.98 Å². The van der Waals surface area contributed by atoms with Crippen LogP contribution in [0.2, 0.25) is 0 Å². The van der Waals surface area contributed by atoms with Gasteiger partial charge in [0.25, 0.3) is 0 Å². The summed E-state index contributed by atoms with van der Waals surface area (Å²) in [7, 11) is 0. The molecule has 0 bridgehead atoms. The van der Waals surface area contributed by atoms with Gasteiger partial charge in [0.1, 0.15) is 11.8 Å². The molecule has 0 aliphatic carbocycles. The fourth-order valence-electron chi connectivity index (χ4n) is 1.79. The molecule has 1 heterocycles. The number of benzene rings is 1. The van der Waals surface area contributed by atoms with E-state index in [2.05, 4.69) is 50.0 Å². The van der Waals surface area contributed by atoms with Gasteiger partial charge in [0, 0.05) is 11.8 Å². The van der Waals surface area contributed by atoms with Crippen LogP contribution in [0.4, 0.5) is 0 Å². The van der Waals surface area contributed by atoms with E-state index in [1.54, 1.807) is 12.3 Å². The molecule has 2 heteroatoms. The molecule has 0 atom stereocenters. The minimum atomic E-state index is 0.168. The summed E-state index contributed by atoms with van der Waals surface area (Å²) < 4.78 is 0. The molecular weight excluding hydrogens is 220 g/mol. The molecule has 0 aliphatic heterocycles. The van der Waals surface area contributed by atoms with Crippen molar-refractivity contribution in [3.8, 4) is 17.2 Å². The van der Waals surface area contributed by atoms with E-state index in [-0.39, 0.29) is 5.41 Å². The van der Waals surface area contributed by atoms with Crippen molar-refractivity contribution < 1.29 is 0 Å². The number of nitriles is 1. The largest absolute Gasteiger partial charge is 0.245 e. The Morgan fingerprint density at radius 2 is 1.56 bits per heavy atom. The summed E-state index contributed by atoms with van der Waals surface area (Å²) in [5.41, 5.74) is 4.09. The predicted octanol–water partition coefficient (Wildman–Crippen LogP) is 3.92. The molecule has 0 radical (unpaired) electrons. The Morgan fingerprint density at radius 3 is 2.00 bits per heavy atom. The van der Waals surface area contributed by atoms with Crippen molar-refractivity contribution in [2.75, 3.05) is 0 Å². The molecule has 0 saturated heterocycles. The highest BCUT2D eigenvalue weighted by Gasteiger charge is 2.12. The number of pyridine rings is 1. The van der Waals surface area contributed by atoms with E-state index in [0.29, 0.717) is 5.69 Å². The van der Waals surface area contributed by atoms with E-state index in [9.17, 15) is 0 Å². The zero-order valence-electron chi connectivity index (χ0n) is 10.9. The zero-order chi connectivity index (χ0) is 13.2. The first kappa shape index (κ1) is 12.3. The highest BCUT2D eigenvalue weighted by atomic mass is 14.7. The van der Waals surface area contributed by atoms with Crippen molar-refractivity contribution in [2.45, 2.75) is 26.2 Å². The molecule has 0 amide bonds. The van der Waals surface area contributed by atoms with Gasteiger partial charge in [0.15, 0.2) is 0 Å². The van der Waals surface area contributed by atoms with Crippen LogP contribution < -0.4 is 0 Å². The third-order valence-corrected chi connectivity index (χ3v) is 2.96. The third-order valence-electron chi connectivity index (χ3n) is 2.96. The SMILES string of the molecule is CC(C)(C)c1ccc(-c2ccc(C#N)nc2)cc1. The van der Waals surface area contributed by atoms with Gasteiger partial charge >= 0.3 is 0 Å². The summed E-state index contributed by atoms with van der Waals surface area (Å²) in [6, 6.07) is 14.2.